The minimum absolute atomic E-state index is 0.116. The molecule has 1 aromatic heterocycles. The van der Waals surface area contributed by atoms with E-state index in [1.54, 1.807) is 27.8 Å². The molecule has 0 atom stereocenters. The maximum Gasteiger partial charge on any atom is 0.266 e. The Bertz CT molecular complexity index is 1220. The van der Waals surface area contributed by atoms with Gasteiger partial charge in [0, 0.05) is 23.9 Å². The fourth-order valence-electron chi connectivity index (χ4n) is 3.51. The molecule has 2 aromatic carbocycles. The summed E-state index contributed by atoms with van der Waals surface area (Å²) in [5.41, 5.74) is 2.72. The maximum atomic E-state index is 14.6. The molecule has 0 saturated carbocycles. The zero-order valence-corrected chi connectivity index (χ0v) is 20.3. The molecule has 1 aliphatic heterocycles. The highest BCUT2D eigenvalue weighted by Gasteiger charge is 2.32. The van der Waals surface area contributed by atoms with E-state index >= 15 is 0 Å². The third kappa shape index (κ3) is 5.02. The quantitative estimate of drug-likeness (QED) is 0.309. The van der Waals surface area contributed by atoms with Gasteiger partial charge in [-0.1, -0.05) is 56.0 Å². The standard InChI is InChI=1S/C25H24FN3O2S2/c1-4-31-21-11-10-17(12-20(21)26)23-18(15-29(27-23)19-8-6-5-7-9-19)13-22-24(30)28(14-16(2)3)25(32)33-22/h5-13,15-16H,4,14H2,1-3H3. The molecule has 0 unspecified atom stereocenters. The number of benzene rings is 2. The Kier molecular flexibility index (Phi) is 6.95. The molecule has 0 spiro atoms. The van der Waals surface area contributed by atoms with Crippen molar-refractivity contribution in [3.05, 3.63) is 71.0 Å². The van der Waals surface area contributed by atoms with E-state index in [0.717, 1.165) is 5.69 Å². The fourth-order valence-corrected chi connectivity index (χ4v) is 4.78. The number of aromatic nitrogens is 2. The van der Waals surface area contributed by atoms with Crippen LogP contribution in [-0.4, -0.2) is 38.1 Å². The number of para-hydroxylation sites is 1. The van der Waals surface area contributed by atoms with Crippen LogP contribution in [0.2, 0.25) is 0 Å². The molecule has 1 aliphatic rings. The summed E-state index contributed by atoms with van der Waals surface area (Å²) < 4.78 is 22.2. The smallest absolute Gasteiger partial charge is 0.266 e. The number of carbonyl (C=O) groups is 1. The summed E-state index contributed by atoms with van der Waals surface area (Å²) in [6, 6.07) is 14.4. The zero-order chi connectivity index (χ0) is 23.5. The number of hydrogen-bond acceptors (Lipinski definition) is 5. The van der Waals surface area contributed by atoms with Crippen LogP contribution in [-0.2, 0) is 4.79 Å². The summed E-state index contributed by atoms with van der Waals surface area (Å²) >= 11 is 6.71. The second-order valence-corrected chi connectivity index (χ2v) is 9.65. The Morgan fingerprint density at radius 3 is 2.64 bits per heavy atom. The molecule has 4 rings (SSSR count). The van der Waals surface area contributed by atoms with Crippen molar-refractivity contribution in [1.29, 1.82) is 0 Å². The van der Waals surface area contributed by atoms with Crippen molar-refractivity contribution in [2.75, 3.05) is 13.2 Å². The third-order valence-electron chi connectivity index (χ3n) is 4.98. The predicted molar refractivity (Wildman–Crippen MR) is 135 cm³/mol. The SMILES string of the molecule is CCOc1ccc(-c2nn(-c3ccccc3)cc2C=C2SC(=S)N(CC(C)C)C2=O)cc1F. The molecule has 3 aromatic rings. The van der Waals surface area contributed by atoms with E-state index in [4.69, 9.17) is 22.1 Å². The number of thioether (sulfide) groups is 1. The van der Waals surface area contributed by atoms with Crippen molar-refractivity contribution in [1.82, 2.24) is 14.7 Å². The van der Waals surface area contributed by atoms with Crippen molar-refractivity contribution in [3.8, 4) is 22.7 Å². The molecule has 0 aliphatic carbocycles. The second-order valence-electron chi connectivity index (χ2n) is 7.98. The minimum Gasteiger partial charge on any atom is -0.491 e. The average molecular weight is 482 g/mol. The van der Waals surface area contributed by atoms with Crippen molar-refractivity contribution in [2.45, 2.75) is 20.8 Å². The molecule has 0 N–H and O–H groups in total. The largest absolute Gasteiger partial charge is 0.491 e. The molecule has 1 fully saturated rings. The number of thiocarbonyl (C=S) groups is 1. The van der Waals surface area contributed by atoms with Gasteiger partial charge >= 0.3 is 0 Å². The minimum atomic E-state index is -0.460. The highest BCUT2D eigenvalue weighted by Crippen LogP contribution is 2.36. The van der Waals surface area contributed by atoms with Gasteiger partial charge in [0.1, 0.15) is 10.0 Å². The summed E-state index contributed by atoms with van der Waals surface area (Å²) in [5, 5.41) is 4.72. The molecule has 0 radical (unpaired) electrons. The van der Waals surface area contributed by atoms with E-state index in [1.165, 1.54) is 17.8 Å². The topological polar surface area (TPSA) is 47.4 Å². The van der Waals surface area contributed by atoms with Crippen LogP contribution in [0.5, 0.6) is 5.75 Å². The lowest BCUT2D eigenvalue weighted by Crippen LogP contribution is -2.31. The van der Waals surface area contributed by atoms with E-state index in [2.05, 4.69) is 0 Å². The Morgan fingerprint density at radius 1 is 1.21 bits per heavy atom. The summed E-state index contributed by atoms with van der Waals surface area (Å²) in [6.07, 6.45) is 3.63. The average Bonchev–Trinajstić information content (AvgIpc) is 3.32. The molecular formula is C25H24FN3O2S2. The van der Waals surface area contributed by atoms with Crippen LogP contribution in [0.15, 0.2) is 59.6 Å². The first kappa shape index (κ1) is 23.2. The highest BCUT2D eigenvalue weighted by atomic mass is 32.2. The van der Waals surface area contributed by atoms with Crippen LogP contribution < -0.4 is 4.74 Å². The van der Waals surface area contributed by atoms with Crippen LogP contribution in [0.25, 0.3) is 23.0 Å². The maximum absolute atomic E-state index is 14.6. The van der Waals surface area contributed by atoms with Gasteiger partial charge < -0.3 is 4.74 Å². The predicted octanol–water partition coefficient (Wildman–Crippen LogP) is 5.93. The summed E-state index contributed by atoms with van der Waals surface area (Å²) in [7, 11) is 0. The Morgan fingerprint density at radius 2 is 1.97 bits per heavy atom. The normalized spacial score (nSPS) is 15.2. The third-order valence-corrected chi connectivity index (χ3v) is 6.35. The number of hydrogen-bond donors (Lipinski definition) is 0. The van der Waals surface area contributed by atoms with E-state index in [0.29, 0.717) is 45.1 Å². The molecule has 170 valence electrons. The van der Waals surface area contributed by atoms with Gasteiger partial charge in [0.15, 0.2) is 11.6 Å². The van der Waals surface area contributed by atoms with Crippen LogP contribution in [0.3, 0.4) is 0 Å². The van der Waals surface area contributed by atoms with Crippen molar-refractivity contribution < 1.29 is 13.9 Å². The number of nitrogens with zero attached hydrogens (tertiary/aromatic N) is 3. The molecule has 0 bridgehead atoms. The van der Waals surface area contributed by atoms with Crippen molar-refractivity contribution >= 4 is 40.3 Å². The van der Waals surface area contributed by atoms with Crippen molar-refractivity contribution in [3.63, 3.8) is 0 Å². The second kappa shape index (κ2) is 9.89. The Balaban J connectivity index is 1.78. The lowest BCUT2D eigenvalue weighted by Gasteiger charge is -2.16. The first-order chi connectivity index (χ1) is 15.9. The zero-order valence-electron chi connectivity index (χ0n) is 18.6. The number of rotatable bonds is 7. The molecular weight excluding hydrogens is 457 g/mol. The van der Waals surface area contributed by atoms with E-state index in [1.807, 2.05) is 57.3 Å². The van der Waals surface area contributed by atoms with Gasteiger partial charge in [-0.2, -0.15) is 5.10 Å². The van der Waals surface area contributed by atoms with E-state index in [-0.39, 0.29) is 11.7 Å². The Hall–Kier alpha value is -2.97. The first-order valence-corrected chi connectivity index (χ1v) is 11.9. The van der Waals surface area contributed by atoms with E-state index in [9.17, 15) is 9.18 Å². The molecule has 1 saturated heterocycles. The lowest BCUT2D eigenvalue weighted by molar-refractivity contribution is -0.122. The molecule has 33 heavy (non-hydrogen) atoms. The van der Waals surface area contributed by atoms with Crippen LogP contribution >= 0.6 is 24.0 Å². The van der Waals surface area contributed by atoms with Gasteiger partial charge in [0.05, 0.1) is 17.2 Å². The van der Waals surface area contributed by atoms with Gasteiger partial charge in [-0.15, -0.1) is 0 Å². The fraction of sp³-hybridized carbons (Fsp3) is 0.240. The molecule has 5 nitrogen and oxygen atoms in total. The van der Waals surface area contributed by atoms with Gasteiger partial charge in [-0.25, -0.2) is 9.07 Å². The summed E-state index contributed by atoms with van der Waals surface area (Å²) in [6.45, 7) is 6.85. The van der Waals surface area contributed by atoms with Crippen LogP contribution in [0.1, 0.15) is 26.3 Å². The Labute approximate surface area is 202 Å². The summed E-state index contributed by atoms with van der Waals surface area (Å²) in [4.78, 5) is 15.2. The van der Waals surface area contributed by atoms with Crippen LogP contribution in [0, 0.1) is 11.7 Å². The van der Waals surface area contributed by atoms with Crippen molar-refractivity contribution in [2.24, 2.45) is 5.92 Å². The molecule has 2 heterocycles. The molecule has 1 amide bonds. The first-order valence-electron chi connectivity index (χ1n) is 10.7. The molecule has 8 heteroatoms. The summed E-state index contributed by atoms with van der Waals surface area (Å²) in [5.74, 6) is -0.0808. The van der Waals surface area contributed by atoms with Gasteiger partial charge in [-0.05, 0) is 49.2 Å². The van der Waals surface area contributed by atoms with Gasteiger partial charge in [0.2, 0.25) is 0 Å². The number of ether oxygens (including phenoxy) is 1. The monoisotopic (exact) mass is 481 g/mol. The van der Waals surface area contributed by atoms with Gasteiger partial charge in [-0.3, -0.25) is 9.69 Å². The number of carbonyl (C=O) groups excluding carboxylic acids is 1. The number of halogens is 1. The van der Waals surface area contributed by atoms with E-state index < -0.39 is 5.82 Å². The van der Waals surface area contributed by atoms with Crippen LogP contribution in [0.4, 0.5) is 4.39 Å². The number of amides is 1. The highest BCUT2D eigenvalue weighted by molar-refractivity contribution is 8.26. The van der Waals surface area contributed by atoms with Gasteiger partial charge in [0.25, 0.3) is 5.91 Å². The lowest BCUT2D eigenvalue weighted by atomic mass is 10.1.